The van der Waals surface area contributed by atoms with Gasteiger partial charge in [0.15, 0.2) is 0 Å². The van der Waals surface area contributed by atoms with Crippen molar-refractivity contribution in [2.75, 3.05) is 18.4 Å². The van der Waals surface area contributed by atoms with E-state index in [1.54, 1.807) is 44.2 Å². The van der Waals surface area contributed by atoms with Gasteiger partial charge in [-0.2, -0.15) is 31.4 Å². The number of nitrogens with one attached hydrogen (secondary N) is 1. The van der Waals surface area contributed by atoms with Gasteiger partial charge >= 0.3 is 12.4 Å². The normalized spacial score (nSPS) is 12.0. The maximum absolute atomic E-state index is 13.6. The van der Waals surface area contributed by atoms with Gasteiger partial charge in [-0.25, -0.2) is 9.07 Å². The predicted octanol–water partition coefficient (Wildman–Crippen LogP) is 7.45. The molecule has 1 aromatic heterocycles. The molecule has 0 radical (unpaired) electrons. The molecule has 0 saturated heterocycles. The van der Waals surface area contributed by atoms with Gasteiger partial charge in [-0.15, -0.1) is 0 Å². The van der Waals surface area contributed by atoms with Crippen LogP contribution in [0.15, 0.2) is 78.9 Å². The van der Waals surface area contributed by atoms with Crippen LogP contribution >= 0.6 is 0 Å². The van der Waals surface area contributed by atoms with Crippen molar-refractivity contribution >= 4 is 17.6 Å². The summed E-state index contributed by atoms with van der Waals surface area (Å²) in [6.07, 6.45) is -10.3. The zero-order chi connectivity index (χ0) is 31.5. The fourth-order valence-corrected chi connectivity index (χ4v) is 4.28. The van der Waals surface area contributed by atoms with E-state index >= 15 is 0 Å². The van der Waals surface area contributed by atoms with Crippen LogP contribution in [0.4, 0.5) is 36.6 Å². The highest BCUT2D eigenvalue weighted by Crippen LogP contribution is 2.36. The first-order valence-electron chi connectivity index (χ1n) is 12.9. The summed E-state index contributed by atoms with van der Waals surface area (Å²) in [5.41, 5.74) is -2.62. The number of halogens is 7. The van der Waals surface area contributed by atoms with Gasteiger partial charge in [0, 0.05) is 23.7 Å². The Labute approximate surface area is 241 Å². The number of carbonyl (C=O) groups is 2. The maximum Gasteiger partial charge on any atom is 0.416 e. The van der Waals surface area contributed by atoms with Crippen molar-refractivity contribution in [3.05, 3.63) is 101 Å². The second-order valence-electron chi connectivity index (χ2n) is 10.1. The first-order valence-corrected chi connectivity index (χ1v) is 12.9. The maximum atomic E-state index is 13.6. The van der Waals surface area contributed by atoms with E-state index in [0.29, 0.717) is 29.1 Å². The molecule has 0 fully saturated rings. The standard InChI is InChI=1S/C30H25F7N4O2/c1-18(2)16-40(28(43)20-12-21(29(32,33)34)14-22(13-20)30(35,36)37)17-27(42)38-26-15-25(19-6-4-3-5-7-19)39-41(26)24-10-8-23(31)9-11-24/h3-15,18H,16-17H2,1-2H3,(H,38,42). The van der Waals surface area contributed by atoms with Crippen molar-refractivity contribution in [1.82, 2.24) is 14.7 Å². The molecule has 0 aliphatic heterocycles. The molecule has 0 saturated carbocycles. The molecule has 0 spiro atoms. The molecule has 0 bridgehead atoms. The van der Waals surface area contributed by atoms with Gasteiger partial charge in [-0.05, 0) is 48.4 Å². The Morgan fingerprint density at radius 2 is 1.44 bits per heavy atom. The smallest absolute Gasteiger partial charge is 0.329 e. The molecule has 0 unspecified atom stereocenters. The molecule has 226 valence electrons. The number of alkyl halides is 6. The Morgan fingerprint density at radius 3 is 1.98 bits per heavy atom. The quantitative estimate of drug-likeness (QED) is 0.212. The molecule has 1 heterocycles. The van der Waals surface area contributed by atoms with Crippen molar-refractivity contribution in [3.63, 3.8) is 0 Å². The Bertz CT molecular complexity index is 1560. The molecule has 0 aliphatic carbocycles. The summed E-state index contributed by atoms with van der Waals surface area (Å²) >= 11 is 0. The number of nitrogens with zero attached hydrogens (tertiary/aromatic N) is 3. The molecular formula is C30H25F7N4O2. The highest BCUT2D eigenvalue weighted by atomic mass is 19.4. The minimum atomic E-state index is -5.15. The van der Waals surface area contributed by atoms with Gasteiger partial charge < -0.3 is 10.2 Å². The van der Waals surface area contributed by atoms with Crippen LogP contribution < -0.4 is 5.32 Å². The number of hydrogen-bond donors (Lipinski definition) is 1. The Kier molecular flexibility index (Phi) is 8.93. The number of anilines is 1. The molecule has 13 heteroatoms. The number of aromatic nitrogens is 2. The van der Waals surface area contributed by atoms with Gasteiger partial charge in [-0.3, -0.25) is 9.59 Å². The number of benzene rings is 3. The van der Waals surface area contributed by atoms with Gasteiger partial charge in [0.25, 0.3) is 5.91 Å². The molecule has 43 heavy (non-hydrogen) atoms. The molecular weight excluding hydrogens is 581 g/mol. The van der Waals surface area contributed by atoms with E-state index in [9.17, 15) is 40.3 Å². The van der Waals surface area contributed by atoms with Crippen LogP contribution in [0.3, 0.4) is 0 Å². The number of rotatable bonds is 8. The van der Waals surface area contributed by atoms with Gasteiger partial charge in [0.2, 0.25) is 5.91 Å². The minimum absolute atomic E-state index is 0.0722. The molecule has 2 amide bonds. The molecule has 4 rings (SSSR count). The molecule has 3 aromatic carbocycles. The van der Waals surface area contributed by atoms with E-state index in [0.717, 1.165) is 4.90 Å². The topological polar surface area (TPSA) is 67.2 Å². The molecule has 6 nitrogen and oxygen atoms in total. The third kappa shape index (κ3) is 7.79. The average molecular weight is 607 g/mol. The van der Waals surface area contributed by atoms with Crippen molar-refractivity contribution in [2.24, 2.45) is 5.92 Å². The Balaban J connectivity index is 1.66. The number of amides is 2. The summed E-state index contributed by atoms with van der Waals surface area (Å²) < 4.78 is 95.3. The Hall–Kier alpha value is -4.68. The van der Waals surface area contributed by atoms with Crippen molar-refractivity contribution in [1.29, 1.82) is 0 Å². The first-order chi connectivity index (χ1) is 20.1. The van der Waals surface area contributed by atoms with E-state index in [1.165, 1.54) is 35.0 Å². The van der Waals surface area contributed by atoms with Crippen LogP contribution in [0.1, 0.15) is 35.3 Å². The largest absolute Gasteiger partial charge is 0.416 e. The van der Waals surface area contributed by atoms with Crippen LogP contribution in [0.5, 0.6) is 0 Å². The second kappa shape index (κ2) is 12.3. The predicted molar refractivity (Wildman–Crippen MR) is 145 cm³/mol. The summed E-state index contributed by atoms with van der Waals surface area (Å²) in [6, 6.07) is 16.3. The van der Waals surface area contributed by atoms with E-state index in [1.807, 2.05) is 0 Å². The minimum Gasteiger partial charge on any atom is -0.329 e. The highest BCUT2D eigenvalue weighted by molar-refractivity contribution is 5.99. The summed E-state index contributed by atoms with van der Waals surface area (Å²) in [6.45, 7) is 2.50. The first kappa shape index (κ1) is 31.3. The van der Waals surface area contributed by atoms with Crippen molar-refractivity contribution in [3.8, 4) is 16.9 Å². The van der Waals surface area contributed by atoms with Gasteiger partial charge in [0.05, 0.1) is 22.5 Å². The molecule has 0 aliphatic rings. The molecule has 1 N–H and O–H groups in total. The van der Waals surface area contributed by atoms with Crippen LogP contribution in [0.25, 0.3) is 16.9 Å². The van der Waals surface area contributed by atoms with E-state index in [2.05, 4.69) is 10.4 Å². The van der Waals surface area contributed by atoms with E-state index in [-0.39, 0.29) is 24.3 Å². The van der Waals surface area contributed by atoms with Gasteiger partial charge in [0.1, 0.15) is 18.2 Å². The number of carbonyl (C=O) groups excluding carboxylic acids is 2. The van der Waals surface area contributed by atoms with Crippen LogP contribution in [0.2, 0.25) is 0 Å². The summed E-state index contributed by atoms with van der Waals surface area (Å²) in [5.74, 6) is -2.64. The SMILES string of the molecule is CC(C)CN(CC(=O)Nc1cc(-c2ccccc2)nn1-c1ccc(F)cc1)C(=O)c1cc(C(F)(F)F)cc(C(F)(F)F)c1. The lowest BCUT2D eigenvalue weighted by atomic mass is 10.0. The lowest BCUT2D eigenvalue weighted by Gasteiger charge is -2.25. The zero-order valence-corrected chi connectivity index (χ0v) is 22.8. The van der Waals surface area contributed by atoms with Crippen LogP contribution in [0, 0.1) is 11.7 Å². The van der Waals surface area contributed by atoms with Crippen LogP contribution in [-0.2, 0) is 17.1 Å². The molecule has 0 atom stereocenters. The summed E-state index contributed by atoms with van der Waals surface area (Å²) in [5, 5.41) is 7.10. The monoisotopic (exact) mass is 606 g/mol. The van der Waals surface area contributed by atoms with E-state index in [4.69, 9.17) is 0 Å². The lowest BCUT2D eigenvalue weighted by Crippen LogP contribution is -2.40. The summed E-state index contributed by atoms with van der Waals surface area (Å²) in [7, 11) is 0. The average Bonchev–Trinajstić information content (AvgIpc) is 3.35. The lowest BCUT2D eigenvalue weighted by molar-refractivity contribution is -0.143. The highest BCUT2D eigenvalue weighted by Gasteiger charge is 2.38. The van der Waals surface area contributed by atoms with Crippen LogP contribution in [-0.4, -0.2) is 39.6 Å². The van der Waals surface area contributed by atoms with Gasteiger partial charge in [-0.1, -0.05) is 44.2 Å². The third-order valence-corrected chi connectivity index (χ3v) is 6.16. The Morgan fingerprint density at radius 1 is 0.860 bits per heavy atom. The fourth-order valence-electron chi connectivity index (χ4n) is 4.28. The summed E-state index contributed by atoms with van der Waals surface area (Å²) in [4.78, 5) is 27.4. The number of hydrogen-bond acceptors (Lipinski definition) is 3. The third-order valence-electron chi connectivity index (χ3n) is 6.16. The molecule has 4 aromatic rings. The fraction of sp³-hybridized carbons (Fsp3) is 0.233. The van der Waals surface area contributed by atoms with Crippen molar-refractivity contribution in [2.45, 2.75) is 26.2 Å². The van der Waals surface area contributed by atoms with Crippen molar-refractivity contribution < 1.29 is 40.3 Å². The second-order valence-corrected chi connectivity index (χ2v) is 10.1. The zero-order valence-electron chi connectivity index (χ0n) is 22.8. The van der Waals surface area contributed by atoms with E-state index < -0.39 is 53.2 Å².